The molecule has 1 N–H and O–H groups in total. The zero-order chi connectivity index (χ0) is 19.8. The van der Waals surface area contributed by atoms with Crippen molar-refractivity contribution < 1.29 is 9.53 Å². The highest BCUT2D eigenvalue weighted by Crippen LogP contribution is 2.23. The number of carbonyl (C=O) groups is 1. The fourth-order valence-corrected chi connectivity index (χ4v) is 4.25. The maximum atomic E-state index is 12.3. The summed E-state index contributed by atoms with van der Waals surface area (Å²) < 4.78 is 6.04. The molecule has 0 aliphatic heterocycles. The lowest BCUT2D eigenvalue weighted by Crippen LogP contribution is -2.38. The SMILES string of the molecule is C[C@@H](CNC(=O)C1CCCCC1)Oc1cccc(CN(C)Cc2cscn2)c1. The van der Waals surface area contributed by atoms with Crippen LogP contribution in [0.5, 0.6) is 5.75 Å². The quantitative estimate of drug-likeness (QED) is 0.683. The molecule has 6 heteroatoms. The Morgan fingerprint density at radius 1 is 1.32 bits per heavy atom. The highest BCUT2D eigenvalue weighted by Gasteiger charge is 2.21. The van der Waals surface area contributed by atoms with E-state index >= 15 is 0 Å². The van der Waals surface area contributed by atoms with E-state index in [1.807, 2.05) is 24.6 Å². The molecule has 28 heavy (non-hydrogen) atoms. The molecule has 152 valence electrons. The van der Waals surface area contributed by atoms with E-state index in [9.17, 15) is 4.79 Å². The molecule has 1 aromatic heterocycles. The second kappa shape index (κ2) is 10.6. The lowest BCUT2D eigenvalue weighted by Gasteiger charge is -2.22. The van der Waals surface area contributed by atoms with Crippen LogP contribution in [-0.2, 0) is 17.9 Å². The summed E-state index contributed by atoms with van der Waals surface area (Å²) in [5, 5.41) is 5.15. The van der Waals surface area contributed by atoms with Crippen LogP contribution >= 0.6 is 11.3 Å². The molecule has 5 nitrogen and oxygen atoms in total. The average molecular weight is 402 g/mol. The van der Waals surface area contributed by atoms with E-state index in [4.69, 9.17) is 4.74 Å². The molecule has 0 bridgehead atoms. The molecule has 1 aliphatic rings. The van der Waals surface area contributed by atoms with Gasteiger partial charge < -0.3 is 10.1 Å². The molecule has 1 aromatic carbocycles. The van der Waals surface area contributed by atoms with Gasteiger partial charge in [-0.1, -0.05) is 31.4 Å². The number of carbonyl (C=O) groups excluding carboxylic acids is 1. The number of nitrogens with one attached hydrogen (secondary N) is 1. The molecule has 1 fully saturated rings. The van der Waals surface area contributed by atoms with Gasteiger partial charge >= 0.3 is 0 Å². The Labute approximate surface area is 172 Å². The Bertz CT molecular complexity index is 729. The zero-order valence-corrected chi connectivity index (χ0v) is 17.7. The number of ether oxygens (including phenoxy) is 1. The van der Waals surface area contributed by atoms with Gasteiger partial charge in [-0.05, 0) is 44.5 Å². The Kier molecular flexibility index (Phi) is 7.86. The minimum Gasteiger partial charge on any atom is -0.489 e. The Morgan fingerprint density at radius 3 is 2.89 bits per heavy atom. The van der Waals surface area contributed by atoms with Gasteiger partial charge in [0.1, 0.15) is 11.9 Å². The van der Waals surface area contributed by atoms with Crippen LogP contribution in [0.15, 0.2) is 35.2 Å². The van der Waals surface area contributed by atoms with Crippen molar-refractivity contribution in [3.63, 3.8) is 0 Å². The van der Waals surface area contributed by atoms with Crippen LogP contribution in [0.1, 0.15) is 50.3 Å². The maximum Gasteiger partial charge on any atom is 0.223 e. The number of hydrogen-bond donors (Lipinski definition) is 1. The smallest absolute Gasteiger partial charge is 0.223 e. The van der Waals surface area contributed by atoms with Crippen molar-refractivity contribution in [2.24, 2.45) is 5.92 Å². The predicted molar refractivity (Wildman–Crippen MR) is 113 cm³/mol. The Balaban J connectivity index is 1.44. The lowest BCUT2D eigenvalue weighted by molar-refractivity contribution is -0.126. The number of aromatic nitrogens is 1. The van der Waals surface area contributed by atoms with Crippen LogP contribution in [0.4, 0.5) is 0 Å². The first-order chi connectivity index (χ1) is 13.6. The van der Waals surface area contributed by atoms with E-state index < -0.39 is 0 Å². The minimum absolute atomic E-state index is 0.0597. The molecule has 0 spiro atoms. The van der Waals surface area contributed by atoms with Gasteiger partial charge in [-0.25, -0.2) is 4.98 Å². The third-order valence-electron chi connectivity index (χ3n) is 5.14. The number of thiazole rings is 1. The summed E-state index contributed by atoms with van der Waals surface area (Å²) in [6.45, 7) is 4.21. The largest absolute Gasteiger partial charge is 0.489 e. The topological polar surface area (TPSA) is 54.5 Å². The first-order valence-corrected chi connectivity index (χ1v) is 11.1. The molecule has 0 radical (unpaired) electrons. The van der Waals surface area contributed by atoms with Gasteiger partial charge in [0.25, 0.3) is 0 Å². The van der Waals surface area contributed by atoms with Crippen molar-refractivity contribution in [1.82, 2.24) is 15.2 Å². The summed E-state index contributed by atoms with van der Waals surface area (Å²) in [7, 11) is 2.09. The van der Waals surface area contributed by atoms with Crippen LogP contribution in [0.2, 0.25) is 0 Å². The molecule has 0 saturated heterocycles. The summed E-state index contributed by atoms with van der Waals surface area (Å²) in [6.07, 6.45) is 5.60. The van der Waals surface area contributed by atoms with E-state index in [1.54, 1.807) is 11.3 Å². The zero-order valence-electron chi connectivity index (χ0n) is 16.9. The third kappa shape index (κ3) is 6.60. The van der Waals surface area contributed by atoms with Gasteiger partial charge in [-0.15, -0.1) is 11.3 Å². The highest BCUT2D eigenvalue weighted by atomic mass is 32.1. The number of benzene rings is 1. The van der Waals surface area contributed by atoms with Crippen LogP contribution in [-0.4, -0.2) is 35.5 Å². The summed E-state index contributed by atoms with van der Waals surface area (Å²) in [5.41, 5.74) is 4.17. The number of rotatable bonds is 9. The molecule has 1 aliphatic carbocycles. The number of amides is 1. The van der Waals surface area contributed by atoms with Gasteiger partial charge in [-0.3, -0.25) is 9.69 Å². The van der Waals surface area contributed by atoms with Crippen LogP contribution in [0.3, 0.4) is 0 Å². The standard InChI is InChI=1S/C22H31N3O2S/c1-17(12-23-22(26)19-8-4-3-5-9-19)27-21-10-6-7-18(11-21)13-25(2)14-20-15-28-16-24-20/h6-7,10-11,15-17,19H,3-5,8-9,12-14H2,1-2H3,(H,23,26)/t17-/m0/s1. The van der Waals surface area contributed by atoms with Crippen LogP contribution in [0, 0.1) is 5.92 Å². The third-order valence-corrected chi connectivity index (χ3v) is 5.78. The normalized spacial score (nSPS) is 16.1. The van der Waals surface area contributed by atoms with Crippen molar-refractivity contribution in [2.75, 3.05) is 13.6 Å². The number of nitrogens with zero attached hydrogens (tertiary/aromatic N) is 2. The maximum absolute atomic E-state index is 12.3. The molecule has 1 heterocycles. The summed E-state index contributed by atoms with van der Waals surface area (Å²) in [6, 6.07) is 8.19. The van der Waals surface area contributed by atoms with Gasteiger partial charge in [0, 0.05) is 24.4 Å². The van der Waals surface area contributed by atoms with Crippen LogP contribution < -0.4 is 10.1 Å². The molecule has 3 rings (SSSR count). The second-order valence-corrected chi connectivity index (χ2v) is 8.53. The number of hydrogen-bond acceptors (Lipinski definition) is 5. The Hall–Kier alpha value is -1.92. The van der Waals surface area contributed by atoms with Crippen molar-refractivity contribution in [3.05, 3.63) is 46.4 Å². The fraction of sp³-hybridized carbons (Fsp3) is 0.545. The monoisotopic (exact) mass is 401 g/mol. The predicted octanol–water partition coefficient (Wildman–Crippen LogP) is 4.24. The second-order valence-electron chi connectivity index (χ2n) is 7.81. The van der Waals surface area contributed by atoms with Crippen LogP contribution in [0.25, 0.3) is 0 Å². The fourth-order valence-electron chi connectivity index (χ4n) is 3.70. The first-order valence-electron chi connectivity index (χ1n) is 10.2. The van der Waals surface area contributed by atoms with E-state index in [1.165, 1.54) is 24.8 Å². The van der Waals surface area contributed by atoms with Crippen molar-refractivity contribution >= 4 is 17.2 Å². The van der Waals surface area contributed by atoms with E-state index in [0.717, 1.165) is 37.4 Å². The van der Waals surface area contributed by atoms with Gasteiger partial charge in [0.2, 0.25) is 5.91 Å². The molecule has 1 amide bonds. The summed E-state index contributed by atoms with van der Waals surface area (Å²) >= 11 is 1.62. The highest BCUT2D eigenvalue weighted by molar-refractivity contribution is 7.07. The molecule has 2 aromatic rings. The van der Waals surface area contributed by atoms with E-state index in [0.29, 0.717) is 6.54 Å². The molecular formula is C22H31N3O2S. The van der Waals surface area contributed by atoms with E-state index in [-0.39, 0.29) is 17.9 Å². The summed E-state index contributed by atoms with van der Waals surface area (Å²) in [4.78, 5) is 18.9. The average Bonchev–Trinajstić information content (AvgIpc) is 3.20. The van der Waals surface area contributed by atoms with E-state index in [2.05, 4.69) is 39.8 Å². The molecule has 0 unspecified atom stereocenters. The summed E-state index contributed by atoms with van der Waals surface area (Å²) in [5.74, 6) is 1.23. The Morgan fingerprint density at radius 2 is 2.14 bits per heavy atom. The molecular weight excluding hydrogens is 370 g/mol. The van der Waals surface area contributed by atoms with Gasteiger partial charge in [0.05, 0.1) is 17.7 Å². The first kappa shape index (κ1) is 20.8. The van der Waals surface area contributed by atoms with Crippen molar-refractivity contribution in [2.45, 2.75) is 58.2 Å². The van der Waals surface area contributed by atoms with Gasteiger partial charge in [-0.2, -0.15) is 0 Å². The van der Waals surface area contributed by atoms with Crippen molar-refractivity contribution in [1.29, 1.82) is 0 Å². The molecule has 1 atom stereocenters. The van der Waals surface area contributed by atoms with Gasteiger partial charge in [0.15, 0.2) is 0 Å². The lowest BCUT2D eigenvalue weighted by atomic mass is 9.89. The van der Waals surface area contributed by atoms with Crippen molar-refractivity contribution in [3.8, 4) is 5.75 Å². The molecule has 1 saturated carbocycles. The minimum atomic E-state index is -0.0597.